The van der Waals surface area contributed by atoms with Crippen molar-refractivity contribution in [2.24, 2.45) is 0 Å². The van der Waals surface area contributed by atoms with Crippen LogP contribution >= 0.6 is 0 Å². The Balaban J connectivity index is 1.43. The summed E-state index contributed by atoms with van der Waals surface area (Å²) in [6.07, 6.45) is 3.91. The number of hydrogen-bond donors (Lipinski definition) is 2. The van der Waals surface area contributed by atoms with Crippen molar-refractivity contribution in [2.45, 2.75) is 12.6 Å². The molecule has 6 rings (SSSR count). The van der Waals surface area contributed by atoms with Gasteiger partial charge in [0.05, 0.1) is 38.2 Å². The van der Waals surface area contributed by atoms with E-state index in [0.717, 1.165) is 58.2 Å². The number of ether oxygens (including phenoxy) is 2. The summed E-state index contributed by atoms with van der Waals surface area (Å²) in [5.74, 6) is 2.48. The first-order chi connectivity index (χ1) is 16.2. The van der Waals surface area contributed by atoms with E-state index in [9.17, 15) is 0 Å². The zero-order valence-electron chi connectivity index (χ0n) is 18.5. The number of fused-ring (bicyclic) bond motifs is 4. The number of nitrogens with one attached hydrogen (secondary N) is 1. The number of H-pyrrole nitrogens is 1. The first-order valence-electron chi connectivity index (χ1n) is 11.2. The number of hydrogen-bond acceptors (Lipinski definition) is 7. The number of aromatic nitrogens is 3. The maximum absolute atomic E-state index is 5.96. The van der Waals surface area contributed by atoms with Gasteiger partial charge in [0.1, 0.15) is 5.75 Å². The Morgan fingerprint density at radius 2 is 2.18 bits per heavy atom. The van der Waals surface area contributed by atoms with Crippen molar-refractivity contribution in [1.82, 2.24) is 15.0 Å². The van der Waals surface area contributed by atoms with Crippen LogP contribution in [-0.2, 0) is 11.3 Å². The topological polar surface area (TPSA) is 92.5 Å². The van der Waals surface area contributed by atoms with Gasteiger partial charge in [-0.15, -0.1) is 0 Å². The standard InChI is InChI=1S/C25H26N6O2/c1-32-23-11-17(26)6-5-16(23)13-30-14-18-15-33-10-9-31(18)25-22(30)12-28-24(29-25)20-3-2-4-21-19(20)7-8-27-21/h2-8,11-12,18,27H,9-10,13-15,26H2,1H3. The maximum atomic E-state index is 5.96. The molecule has 33 heavy (non-hydrogen) atoms. The molecule has 1 fully saturated rings. The third-order valence-corrected chi connectivity index (χ3v) is 6.53. The molecular weight excluding hydrogens is 416 g/mol. The molecule has 0 bridgehead atoms. The predicted octanol–water partition coefficient (Wildman–Crippen LogP) is 3.44. The van der Waals surface area contributed by atoms with E-state index in [2.05, 4.69) is 33.0 Å². The monoisotopic (exact) mass is 442 g/mol. The number of nitrogen functional groups attached to an aromatic ring is 1. The number of anilines is 3. The molecule has 0 spiro atoms. The molecule has 1 atom stereocenters. The van der Waals surface area contributed by atoms with Gasteiger partial charge in [-0.1, -0.05) is 18.2 Å². The molecule has 0 aliphatic carbocycles. The summed E-state index contributed by atoms with van der Waals surface area (Å²) in [5, 5.41) is 1.12. The number of benzene rings is 2. The molecule has 2 aliphatic rings. The third kappa shape index (κ3) is 3.43. The highest BCUT2D eigenvalue weighted by molar-refractivity contribution is 5.93. The zero-order valence-corrected chi connectivity index (χ0v) is 18.5. The Morgan fingerprint density at radius 3 is 3.09 bits per heavy atom. The fraction of sp³-hybridized carbons (Fsp3) is 0.280. The summed E-state index contributed by atoms with van der Waals surface area (Å²) in [6, 6.07) is 14.3. The molecule has 2 aromatic heterocycles. The number of nitrogens with zero attached hydrogens (tertiary/aromatic N) is 4. The van der Waals surface area contributed by atoms with E-state index in [1.54, 1.807) is 7.11 Å². The summed E-state index contributed by atoms with van der Waals surface area (Å²) >= 11 is 0. The Labute approximate surface area is 192 Å². The lowest BCUT2D eigenvalue weighted by Gasteiger charge is -2.45. The molecule has 4 aromatic rings. The molecule has 0 saturated carbocycles. The molecule has 0 amide bonds. The highest BCUT2D eigenvalue weighted by Crippen LogP contribution is 2.38. The summed E-state index contributed by atoms with van der Waals surface area (Å²) in [5.41, 5.74) is 10.9. The summed E-state index contributed by atoms with van der Waals surface area (Å²) in [6.45, 7) is 3.71. The fourth-order valence-corrected chi connectivity index (χ4v) is 4.90. The van der Waals surface area contributed by atoms with Gasteiger partial charge in [0.2, 0.25) is 0 Å². The van der Waals surface area contributed by atoms with Crippen molar-refractivity contribution in [2.75, 3.05) is 48.9 Å². The SMILES string of the molecule is COc1cc(N)ccc1CN1CC2COCCN2c2nc(-c3cccc4[nH]ccc34)ncc21. The molecule has 2 aromatic carbocycles. The number of nitrogens with two attached hydrogens (primary N) is 1. The molecule has 2 aliphatic heterocycles. The van der Waals surface area contributed by atoms with Gasteiger partial charge >= 0.3 is 0 Å². The summed E-state index contributed by atoms with van der Waals surface area (Å²) in [4.78, 5) is 17.9. The van der Waals surface area contributed by atoms with Crippen LogP contribution in [0, 0.1) is 0 Å². The van der Waals surface area contributed by atoms with Gasteiger partial charge < -0.3 is 30.0 Å². The third-order valence-electron chi connectivity index (χ3n) is 6.53. The van der Waals surface area contributed by atoms with Gasteiger partial charge in [0, 0.05) is 59.6 Å². The lowest BCUT2D eigenvalue weighted by molar-refractivity contribution is 0.0936. The van der Waals surface area contributed by atoms with Gasteiger partial charge in [-0.2, -0.15) is 0 Å². The van der Waals surface area contributed by atoms with E-state index in [1.165, 1.54) is 0 Å². The van der Waals surface area contributed by atoms with Crippen LogP contribution in [-0.4, -0.2) is 54.4 Å². The van der Waals surface area contributed by atoms with E-state index in [1.807, 2.05) is 36.7 Å². The Hall–Kier alpha value is -3.78. The van der Waals surface area contributed by atoms with Crippen molar-refractivity contribution < 1.29 is 9.47 Å². The number of aromatic amines is 1. The molecule has 8 heteroatoms. The van der Waals surface area contributed by atoms with Crippen molar-refractivity contribution in [3.05, 3.63) is 60.4 Å². The van der Waals surface area contributed by atoms with Gasteiger partial charge in [-0.3, -0.25) is 0 Å². The molecule has 8 nitrogen and oxygen atoms in total. The van der Waals surface area contributed by atoms with Crippen LogP contribution in [0.3, 0.4) is 0 Å². The molecule has 3 N–H and O–H groups in total. The first kappa shape index (κ1) is 19.9. The van der Waals surface area contributed by atoms with Crippen LogP contribution in [0.25, 0.3) is 22.3 Å². The van der Waals surface area contributed by atoms with Gasteiger partial charge in [0.15, 0.2) is 11.6 Å². The zero-order chi connectivity index (χ0) is 22.4. The average Bonchev–Trinajstić information content (AvgIpc) is 3.34. The van der Waals surface area contributed by atoms with Crippen LogP contribution in [0.15, 0.2) is 54.9 Å². The Bertz CT molecular complexity index is 1320. The van der Waals surface area contributed by atoms with Crippen LogP contribution < -0.4 is 20.3 Å². The lowest BCUT2D eigenvalue weighted by Crippen LogP contribution is -2.55. The molecular formula is C25H26N6O2. The van der Waals surface area contributed by atoms with Crippen LogP contribution in [0.1, 0.15) is 5.56 Å². The summed E-state index contributed by atoms with van der Waals surface area (Å²) < 4.78 is 11.4. The second-order valence-electron chi connectivity index (χ2n) is 8.52. The summed E-state index contributed by atoms with van der Waals surface area (Å²) in [7, 11) is 1.68. The molecule has 1 saturated heterocycles. The maximum Gasteiger partial charge on any atom is 0.162 e. The Kier molecular flexibility index (Phi) is 4.80. The van der Waals surface area contributed by atoms with Crippen molar-refractivity contribution in [3.63, 3.8) is 0 Å². The van der Waals surface area contributed by atoms with Crippen LogP contribution in [0.5, 0.6) is 5.75 Å². The van der Waals surface area contributed by atoms with Crippen LogP contribution in [0.4, 0.5) is 17.2 Å². The van der Waals surface area contributed by atoms with E-state index >= 15 is 0 Å². The van der Waals surface area contributed by atoms with E-state index < -0.39 is 0 Å². The van der Waals surface area contributed by atoms with Crippen LogP contribution in [0.2, 0.25) is 0 Å². The number of methoxy groups -OCH3 is 1. The van der Waals surface area contributed by atoms with E-state index in [0.29, 0.717) is 25.4 Å². The minimum Gasteiger partial charge on any atom is -0.496 e. The quantitative estimate of drug-likeness (QED) is 0.468. The van der Waals surface area contributed by atoms with Crippen molar-refractivity contribution >= 4 is 28.1 Å². The minimum absolute atomic E-state index is 0.233. The number of morpholine rings is 1. The van der Waals surface area contributed by atoms with E-state index in [-0.39, 0.29) is 6.04 Å². The fourth-order valence-electron chi connectivity index (χ4n) is 4.90. The second kappa shape index (κ2) is 7.97. The predicted molar refractivity (Wildman–Crippen MR) is 130 cm³/mol. The number of rotatable bonds is 4. The normalized spacial score (nSPS) is 17.7. The van der Waals surface area contributed by atoms with Crippen molar-refractivity contribution in [3.8, 4) is 17.1 Å². The minimum atomic E-state index is 0.233. The first-order valence-corrected chi connectivity index (χ1v) is 11.2. The van der Waals surface area contributed by atoms with Gasteiger partial charge in [-0.05, 0) is 18.2 Å². The highest BCUT2D eigenvalue weighted by Gasteiger charge is 2.35. The molecule has 4 heterocycles. The Morgan fingerprint density at radius 1 is 1.24 bits per heavy atom. The van der Waals surface area contributed by atoms with E-state index in [4.69, 9.17) is 25.2 Å². The van der Waals surface area contributed by atoms with Gasteiger partial charge in [0.25, 0.3) is 0 Å². The van der Waals surface area contributed by atoms with Crippen molar-refractivity contribution in [1.29, 1.82) is 0 Å². The van der Waals surface area contributed by atoms with Gasteiger partial charge in [-0.25, -0.2) is 9.97 Å². The molecule has 0 radical (unpaired) electrons. The smallest absolute Gasteiger partial charge is 0.162 e. The largest absolute Gasteiger partial charge is 0.496 e. The molecule has 168 valence electrons. The second-order valence-corrected chi connectivity index (χ2v) is 8.52. The average molecular weight is 443 g/mol. The highest BCUT2D eigenvalue weighted by atomic mass is 16.5. The lowest BCUT2D eigenvalue weighted by atomic mass is 10.1. The molecule has 1 unspecified atom stereocenters.